The van der Waals surface area contributed by atoms with E-state index >= 15 is 0 Å². The molecule has 2 N–H and O–H groups in total. The zero-order chi connectivity index (χ0) is 20.5. The Morgan fingerprint density at radius 1 is 1.07 bits per heavy atom. The number of amides is 1. The molecule has 4 heterocycles. The van der Waals surface area contributed by atoms with Crippen molar-refractivity contribution in [2.24, 2.45) is 11.8 Å². The van der Waals surface area contributed by atoms with E-state index in [2.05, 4.69) is 15.8 Å². The molecular formula is C21H30N4O4S. The second-order valence-electron chi connectivity index (χ2n) is 10.0. The average molecular weight is 435 g/mol. The van der Waals surface area contributed by atoms with Gasteiger partial charge in [0.15, 0.2) is 5.69 Å². The minimum Gasteiger partial charge on any atom is -0.360 e. The maximum Gasteiger partial charge on any atom is 0.273 e. The van der Waals surface area contributed by atoms with Crippen molar-refractivity contribution in [2.75, 3.05) is 13.1 Å². The summed E-state index contributed by atoms with van der Waals surface area (Å²) >= 11 is 0. The van der Waals surface area contributed by atoms with E-state index in [-0.39, 0.29) is 41.1 Å². The molecule has 1 aromatic rings. The first kappa shape index (κ1) is 19.3. The zero-order valence-corrected chi connectivity index (χ0v) is 17.9. The highest BCUT2D eigenvalue weighted by Crippen LogP contribution is 2.45. The van der Waals surface area contributed by atoms with Crippen LogP contribution in [-0.2, 0) is 10.0 Å². The number of nitrogens with zero attached hydrogens (tertiary/aromatic N) is 2. The van der Waals surface area contributed by atoms with Crippen molar-refractivity contribution in [2.45, 2.75) is 80.7 Å². The third-order valence-electron chi connectivity index (χ3n) is 8.03. The van der Waals surface area contributed by atoms with Gasteiger partial charge in [0.2, 0.25) is 10.0 Å². The van der Waals surface area contributed by atoms with Crippen molar-refractivity contribution in [3.05, 3.63) is 17.5 Å². The fourth-order valence-corrected chi connectivity index (χ4v) is 9.47. The number of hydrogen-bond acceptors (Lipinski definition) is 6. The molecule has 3 unspecified atom stereocenters. The number of carbonyl (C=O) groups excluding carboxylic acids is 1. The van der Waals surface area contributed by atoms with Gasteiger partial charge in [0.25, 0.3) is 5.91 Å². The number of sulfonamides is 1. The first-order valence-electron chi connectivity index (χ1n) is 11.5. The zero-order valence-electron chi connectivity index (χ0n) is 17.1. The van der Waals surface area contributed by atoms with Gasteiger partial charge >= 0.3 is 0 Å². The summed E-state index contributed by atoms with van der Waals surface area (Å²) in [6.07, 6.45) is 7.41. The number of aromatic nitrogens is 1. The average Bonchev–Trinajstić information content (AvgIpc) is 3.28. The largest absolute Gasteiger partial charge is 0.360 e. The van der Waals surface area contributed by atoms with E-state index in [1.165, 1.54) is 0 Å². The standard InChI is InChI=1S/C21H30N4O4S/c26-21(18-9-19(29-24-18)12-1-2-12)23-15-7-16-5-6-17(8-15)25(16)30(27,28)20-13-3-4-14(20)11-22-10-13/h9,12-17,20,22H,1-8,10-11H2,(H,23,26)/t13?,14?,15?,16-,17+,20?. The van der Waals surface area contributed by atoms with Gasteiger partial charge in [0, 0.05) is 30.1 Å². The molecular weight excluding hydrogens is 404 g/mol. The van der Waals surface area contributed by atoms with Crippen LogP contribution < -0.4 is 10.6 Å². The molecule has 5 fully saturated rings. The maximum absolute atomic E-state index is 13.7. The molecule has 3 aliphatic heterocycles. The summed E-state index contributed by atoms with van der Waals surface area (Å²) in [7, 11) is -3.31. The van der Waals surface area contributed by atoms with Crippen LogP contribution in [0.4, 0.5) is 0 Å². The van der Waals surface area contributed by atoms with Crippen molar-refractivity contribution in [1.29, 1.82) is 0 Å². The van der Waals surface area contributed by atoms with E-state index < -0.39 is 10.0 Å². The second-order valence-corrected chi connectivity index (χ2v) is 12.0. The molecule has 2 saturated carbocycles. The fraction of sp³-hybridized carbons (Fsp3) is 0.810. The van der Waals surface area contributed by atoms with Gasteiger partial charge in [-0.1, -0.05) is 5.16 Å². The van der Waals surface area contributed by atoms with Gasteiger partial charge < -0.3 is 15.2 Å². The molecule has 30 heavy (non-hydrogen) atoms. The molecule has 5 aliphatic rings. The lowest BCUT2D eigenvalue weighted by atomic mass is 9.99. The van der Waals surface area contributed by atoms with Crippen LogP contribution in [0.1, 0.15) is 73.5 Å². The summed E-state index contributed by atoms with van der Waals surface area (Å²) in [6, 6.07) is 1.77. The van der Waals surface area contributed by atoms with Crippen LogP contribution in [0, 0.1) is 11.8 Å². The third-order valence-corrected chi connectivity index (χ3v) is 10.7. The number of hydrogen-bond donors (Lipinski definition) is 2. The van der Waals surface area contributed by atoms with Gasteiger partial charge in [-0.2, -0.15) is 4.31 Å². The number of rotatable bonds is 5. The topological polar surface area (TPSA) is 105 Å². The summed E-state index contributed by atoms with van der Waals surface area (Å²) in [5.41, 5.74) is 0.338. The molecule has 2 aliphatic carbocycles. The molecule has 9 heteroatoms. The van der Waals surface area contributed by atoms with Gasteiger partial charge in [-0.25, -0.2) is 8.42 Å². The quantitative estimate of drug-likeness (QED) is 0.730. The van der Waals surface area contributed by atoms with Crippen molar-refractivity contribution < 1.29 is 17.7 Å². The van der Waals surface area contributed by atoms with E-state index in [0.717, 1.165) is 57.4 Å². The highest BCUT2D eigenvalue weighted by atomic mass is 32.2. The van der Waals surface area contributed by atoms with E-state index in [1.807, 2.05) is 4.31 Å². The van der Waals surface area contributed by atoms with Crippen LogP contribution in [0.25, 0.3) is 0 Å². The Balaban J connectivity index is 1.14. The lowest BCUT2D eigenvalue weighted by molar-refractivity contribution is 0.0899. The maximum atomic E-state index is 13.7. The molecule has 0 radical (unpaired) electrons. The Bertz CT molecular complexity index is 913. The minimum atomic E-state index is -3.31. The highest BCUT2D eigenvalue weighted by Gasteiger charge is 2.54. The smallest absolute Gasteiger partial charge is 0.273 e. The van der Waals surface area contributed by atoms with Crippen LogP contribution in [0.5, 0.6) is 0 Å². The Labute approximate surface area is 177 Å². The van der Waals surface area contributed by atoms with E-state index in [0.29, 0.717) is 24.5 Å². The Morgan fingerprint density at radius 2 is 1.73 bits per heavy atom. The number of fused-ring (bicyclic) bond motifs is 4. The predicted octanol–water partition coefficient (Wildman–Crippen LogP) is 1.60. The van der Waals surface area contributed by atoms with Crippen LogP contribution in [0.15, 0.2) is 10.6 Å². The molecule has 0 spiro atoms. The molecule has 1 aromatic heterocycles. The van der Waals surface area contributed by atoms with E-state index in [1.54, 1.807) is 6.07 Å². The van der Waals surface area contributed by atoms with Gasteiger partial charge in [0.1, 0.15) is 5.76 Å². The van der Waals surface area contributed by atoms with Gasteiger partial charge in [0.05, 0.1) is 5.25 Å². The van der Waals surface area contributed by atoms with Crippen LogP contribution in [-0.4, -0.2) is 60.3 Å². The summed E-state index contributed by atoms with van der Waals surface area (Å²) < 4.78 is 34.5. The van der Waals surface area contributed by atoms with Gasteiger partial charge in [-0.3, -0.25) is 4.79 Å². The SMILES string of the molecule is O=C(NC1C[C@H]2CC[C@@H](C1)N2S(=O)(=O)C1C2CCC1CNC2)c1cc(C2CC2)on1. The lowest BCUT2D eigenvalue weighted by Gasteiger charge is -2.42. The molecule has 5 atom stereocenters. The molecule has 4 bridgehead atoms. The van der Waals surface area contributed by atoms with Crippen LogP contribution in [0.2, 0.25) is 0 Å². The fourth-order valence-electron chi connectivity index (χ4n) is 6.54. The van der Waals surface area contributed by atoms with E-state index in [9.17, 15) is 13.2 Å². The number of piperidine rings is 2. The number of nitrogens with one attached hydrogen (secondary N) is 2. The summed E-state index contributed by atoms with van der Waals surface area (Å²) in [5, 5.41) is 10.2. The molecule has 6 rings (SSSR count). The van der Waals surface area contributed by atoms with Gasteiger partial charge in [-0.15, -0.1) is 0 Å². The molecule has 164 valence electrons. The number of carbonyl (C=O) groups is 1. The van der Waals surface area contributed by atoms with Crippen LogP contribution in [0.3, 0.4) is 0 Å². The first-order valence-corrected chi connectivity index (χ1v) is 13.0. The van der Waals surface area contributed by atoms with Gasteiger partial charge in [-0.05, 0) is 76.3 Å². The monoisotopic (exact) mass is 434 g/mol. The summed E-state index contributed by atoms with van der Waals surface area (Å²) in [6.45, 7) is 1.64. The highest BCUT2D eigenvalue weighted by molar-refractivity contribution is 7.89. The van der Waals surface area contributed by atoms with Crippen LogP contribution >= 0.6 is 0 Å². The molecule has 1 amide bonds. The molecule has 3 saturated heterocycles. The first-order chi connectivity index (χ1) is 14.5. The van der Waals surface area contributed by atoms with Crippen molar-refractivity contribution in [3.8, 4) is 0 Å². The third kappa shape index (κ3) is 3.12. The Morgan fingerprint density at radius 3 is 2.37 bits per heavy atom. The van der Waals surface area contributed by atoms with Crippen molar-refractivity contribution in [1.82, 2.24) is 20.1 Å². The molecule has 0 aromatic carbocycles. The second kappa shape index (κ2) is 7.03. The Kier molecular flexibility index (Phi) is 4.51. The normalized spacial score (nSPS) is 38.7. The lowest BCUT2D eigenvalue weighted by Crippen LogP contribution is -2.57. The molecule has 8 nitrogen and oxygen atoms in total. The summed E-state index contributed by atoms with van der Waals surface area (Å²) in [4.78, 5) is 12.7. The minimum absolute atomic E-state index is 0.00710. The van der Waals surface area contributed by atoms with Crippen molar-refractivity contribution in [3.63, 3.8) is 0 Å². The van der Waals surface area contributed by atoms with Crippen molar-refractivity contribution >= 4 is 15.9 Å². The Hall–Kier alpha value is -1.45. The van der Waals surface area contributed by atoms with E-state index in [4.69, 9.17) is 4.52 Å². The predicted molar refractivity (Wildman–Crippen MR) is 109 cm³/mol. The summed E-state index contributed by atoms with van der Waals surface area (Å²) in [5.74, 6) is 1.52.